The van der Waals surface area contributed by atoms with Gasteiger partial charge < -0.3 is 20.1 Å². The third-order valence-corrected chi connectivity index (χ3v) is 3.75. The molecule has 124 valence electrons. The van der Waals surface area contributed by atoms with Crippen molar-refractivity contribution in [2.24, 2.45) is 0 Å². The number of hydrogen-bond acceptors (Lipinski definition) is 4. The Kier molecular flexibility index (Phi) is 4.65. The highest BCUT2D eigenvalue weighted by Crippen LogP contribution is 2.35. The van der Waals surface area contributed by atoms with Crippen LogP contribution >= 0.6 is 0 Å². The van der Waals surface area contributed by atoms with E-state index in [9.17, 15) is 9.59 Å². The van der Waals surface area contributed by atoms with E-state index in [1.165, 1.54) is 0 Å². The van der Waals surface area contributed by atoms with Crippen LogP contribution in [0.4, 0.5) is 11.4 Å². The largest absolute Gasteiger partial charge is 0.482 e. The maximum absolute atomic E-state index is 12.3. The Morgan fingerprint density at radius 3 is 2.75 bits per heavy atom. The van der Waals surface area contributed by atoms with Gasteiger partial charge in [-0.1, -0.05) is 30.3 Å². The normalized spacial score (nSPS) is 13.2. The molecule has 2 aromatic carbocycles. The van der Waals surface area contributed by atoms with E-state index in [-0.39, 0.29) is 18.9 Å². The number of hydrogen-bond donors (Lipinski definition) is 2. The number of anilines is 2. The predicted octanol–water partition coefficient (Wildman–Crippen LogP) is 2.50. The minimum atomic E-state index is -0.857. The van der Waals surface area contributed by atoms with Gasteiger partial charge in [0.2, 0.25) is 0 Å². The second-order valence-electron chi connectivity index (χ2n) is 5.51. The summed E-state index contributed by atoms with van der Waals surface area (Å²) < 4.78 is 5.49. The van der Waals surface area contributed by atoms with Crippen LogP contribution in [-0.4, -0.2) is 30.1 Å². The Morgan fingerprint density at radius 1 is 1.21 bits per heavy atom. The van der Waals surface area contributed by atoms with Gasteiger partial charge in [-0.05, 0) is 23.8 Å². The van der Waals surface area contributed by atoms with Crippen LogP contribution < -0.4 is 15.0 Å². The van der Waals surface area contributed by atoms with Gasteiger partial charge in [0, 0.05) is 12.2 Å². The van der Waals surface area contributed by atoms with Gasteiger partial charge in [-0.2, -0.15) is 0 Å². The Labute approximate surface area is 139 Å². The number of ether oxygens (including phenoxy) is 1. The van der Waals surface area contributed by atoms with Crippen molar-refractivity contribution >= 4 is 23.3 Å². The van der Waals surface area contributed by atoms with Crippen LogP contribution in [0.25, 0.3) is 0 Å². The standard InChI is InChI=1S/C18H18N2O4/c21-17-12-24-16-7-6-14(19-9-8-18(22)23)10-15(16)20(17)11-13-4-2-1-3-5-13/h1-7,10,19H,8-9,11-12H2,(H,22,23). The van der Waals surface area contributed by atoms with Gasteiger partial charge in [0.05, 0.1) is 18.7 Å². The summed E-state index contributed by atoms with van der Waals surface area (Å²) in [6, 6.07) is 15.2. The summed E-state index contributed by atoms with van der Waals surface area (Å²) in [5.41, 5.74) is 2.48. The van der Waals surface area contributed by atoms with E-state index in [1.807, 2.05) is 42.5 Å². The first-order valence-electron chi connectivity index (χ1n) is 7.70. The van der Waals surface area contributed by atoms with Gasteiger partial charge in [-0.3, -0.25) is 9.59 Å². The molecule has 0 aliphatic carbocycles. The molecule has 3 rings (SSSR count). The third kappa shape index (κ3) is 3.65. The highest BCUT2D eigenvalue weighted by Gasteiger charge is 2.25. The molecular weight excluding hydrogens is 308 g/mol. The lowest BCUT2D eigenvalue weighted by Crippen LogP contribution is -2.38. The van der Waals surface area contributed by atoms with Crippen LogP contribution in [-0.2, 0) is 16.1 Å². The highest BCUT2D eigenvalue weighted by atomic mass is 16.5. The van der Waals surface area contributed by atoms with Crippen molar-refractivity contribution in [2.45, 2.75) is 13.0 Å². The first-order valence-corrected chi connectivity index (χ1v) is 7.70. The SMILES string of the molecule is O=C(O)CCNc1ccc2c(c1)N(Cc1ccccc1)C(=O)CO2. The zero-order valence-electron chi connectivity index (χ0n) is 13.1. The Balaban J connectivity index is 1.81. The maximum atomic E-state index is 12.3. The molecule has 0 fully saturated rings. The van der Waals surface area contributed by atoms with Crippen LogP contribution in [0.2, 0.25) is 0 Å². The Morgan fingerprint density at radius 2 is 2.00 bits per heavy atom. The van der Waals surface area contributed by atoms with Gasteiger partial charge in [-0.15, -0.1) is 0 Å². The molecule has 0 radical (unpaired) electrons. The van der Waals surface area contributed by atoms with Crippen molar-refractivity contribution in [2.75, 3.05) is 23.4 Å². The molecule has 0 aromatic heterocycles. The first kappa shape index (κ1) is 15.9. The van der Waals surface area contributed by atoms with E-state index in [4.69, 9.17) is 9.84 Å². The summed E-state index contributed by atoms with van der Waals surface area (Å²) in [4.78, 5) is 24.6. The molecule has 2 N–H and O–H groups in total. The van der Waals surface area contributed by atoms with E-state index in [1.54, 1.807) is 11.0 Å². The van der Waals surface area contributed by atoms with E-state index in [0.717, 1.165) is 11.3 Å². The number of carbonyl (C=O) groups excluding carboxylic acids is 1. The maximum Gasteiger partial charge on any atom is 0.305 e. The summed E-state index contributed by atoms with van der Waals surface area (Å²) in [5.74, 6) is -0.312. The van der Waals surface area contributed by atoms with Crippen molar-refractivity contribution in [3.05, 3.63) is 54.1 Å². The molecule has 0 unspecified atom stereocenters. The molecule has 24 heavy (non-hydrogen) atoms. The van der Waals surface area contributed by atoms with Gasteiger partial charge >= 0.3 is 5.97 Å². The fraction of sp³-hybridized carbons (Fsp3) is 0.222. The fourth-order valence-corrected chi connectivity index (χ4v) is 2.57. The van der Waals surface area contributed by atoms with Crippen molar-refractivity contribution in [1.82, 2.24) is 0 Å². The summed E-state index contributed by atoms with van der Waals surface area (Å²) in [6.07, 6.45) is 0.0280. The lowest BCUT2D eigenvalue weighted by molar-refractivity contribution is -0.136. The molecule has 1 aliphatic heterocycles. The van der Waals surface area contributed by atoms with Crippen molar-refractivity contribution in [1.29, 1.82) is 0 Å². The quantitative estimate of drug-likeness (QED) is 0.853. The Bertz CT molecular complexity index is 746. The van der Waals surface area contributed by atoms with Crippen molar-refractivity contribution < 1.29 is 19.4 Å². The van der Waals surface area contributed by atoms with E-state index in [0.29, 0.717) is 24.5 Å². The summed E-state index contributed by atoms with van der Waals surface area (Å²) >= 11 is 0. The molecule has 0 atom stereocenters. The summed E-state index contributed by atoms with van der Waals surface area (Å²) in [6.45, 7) is 0.807. The smallest absolute Gasteiger partial charge is 0.305 e. The van der Waals surface area contributed by atoms with E-state index < -0.39 is 5.97 Å². The fourth-order valence-electron chi connectivity index (χ4n) is 2.57. The lowest BCUT2D eigenvalue weighted by atomic mass is 10.1. The van der Waals surface area contributed by atoms with Gasteiger partial charge in [0.25, 0.3) is 5.91 Å². The number of benzene rings is 2. The average molecular weight is 326 g/mol. The topological polar surface area (TPSA) is 78.9 Å². The van der Waals surface area contributed by atoms with Crippen LogP contribution in [0.15, 0.2) is 48.5 Å². The molecule has 6 nitrogen and oxygen atoms in total. The minimum absolute atomic E-state index is 0.0195. The zero-order chi connectivity index (χ0) is 16.9. The van der Waals surface area contributed by atoms with Gasteiger partial charge in [0.1, 0.15) is 5.75 Å². The van der Waals surface area contributed by atoms with Gasteiger partial charge in [0.15, 0.2) is 6.61 Å². The monoisotopic (exact) mass is 326 g/mol. The lowest BCUT2D eigenvalue weighted by Gasteiger charge is -2.30. The molecule has 0 bridgehead atoms. The summed E-state index contributed by atoms with van der Waals surface area (Å²) in [5, 5.41) is 11.8. The number of carboxylic acids is 1. The minimum Gasteiger partial charge on any atom is -0.482 e. The second-order valence-corrected chi connectivity index (χ2v) is 5.51. The molecule has 0 saturated heterocycles. The number of nitrogens with zero attached hydrogens (tertiary/aromatic N) is 1. The predicted molar refractivity (Wildman–Crippen MR) is 90.3 cm³/mol. The molecule has 1 heterocycles. The molecule has 0 spiro atoms. The number of rotatable bonds is 6. The van der Waals surface area contributed by atoms with Crippen molar-refractivity contribution in [3.63, 3.8) is 0 Å². The zero-order valence-corrected chi connectivity index (χ0v) is 13.1. The van der Waals surface area contributed by atoms with E-state index >= 15 is 0 Å². The number of carbonyl (C=O) groups is 2. The van der Waals surface area contributed by atoms with Crippen LogP contribution in [0.3, 0.4) is 0 Å². The van der Waals surface area contributed by atoms with Crippen LogP contribution in [0.5, 0.6) is 5.75 Å². The first-order chi connectivity index (χ1) is 11.6. The van der Waals surface area contributed by atoms with Crippen LogP contribution in [0.1, 0.15) is 12.0 Å². The third-order valence-electron chi connectivity index (χ3n) is 3.75. The molecule has 0 saturated carbocycles. The Hall–Kier alpha value is -3.02. The average Bonchev–Trinajstić information content (AvgIpc) is 2.58. The molecular formula is C18H18N2O4. The summed E-state index contributed by atoms with van der Waals surface area (Å²) in [7, 11) is 0. The van der Waals surface area contributed by atoms with Gasteiger partial charge in [-0.25, -0.2) is 0 Å². The number of carboxylic acid groups (broad SMARTS) is 1. The highest BCUT2D eigenvalue weighted by molar-refractivity contribution is 5.98. The molecule has 1 aliphatic rings. The second kappa shape index (κ2) is 7.04. The molecule has 1 amide bonds. The number of nitrogens with one attached hydrogen (secondary N) is 1. The van der Waals surface area contributed by atoms with Crippen molar-refractivity contribution in [3.8, 4) is 5.75 Å². The van der Waals surface area contributed by atoms with E-state index in [2.05, 4.69) is 5.32 Å². The molecule has 2 aromatic rings. The van der Waals surface area contributed by atoms with Crippen LogP contribution in [0, 0.1) is 0 Å². The number of amides is 1. The molecule has 6 heteroatoms. The number of aliphatic carboxylic acids is 1. The number of fused-ring (bicyclic) bond motifs is 1.